The summed E-state index contributed by atoms with van der Waals surface area (Å²) in [6.07, 6.45) is 0. The van der Waals surface area contributed by atoms with Crippen molar-refractivity contribution in [1.82, 2.24) is 0 Å². The monoisotopic (exact) mass is 402 g/mol. The van der Waals surface area contributed by atoms with Gasteiger partial charge >= 0.3 is 0 Å². The van der Waals surface area contributed by atoms with E-state index in [4.69, 9.17) is 5.10 Å². The molecule has 28 heavy (non-hydrogen) atoms. The molecule has 0 unspecified atom stereocenters. The number of anilines is 2. The summed E-state index contributed by atoms with van der Waals surface area (Å²) in [6.45, 7) is 0. The highest BCUT2D eigenvalue weighted by Gasteiger charge is 2.21. The van der Waals surface area contributed by atoms with Crippen molar-refractivity contribution >= 4 is 45.5 Å². The second kappa shape index (κ2) is 7.49. The lowest BCUT2D eigenvalue weighted by Gasteiger charge is -2.23. The molecule has 0 amide bonds. The van der Waals surface area contributed by atoms with Crippen LogP contribution in [0.15, 0.2) is 109 Å². The normalized spacial score (nSPS) is 15.4. The van der Waals surface area contributed by atoms with Crippen LogP contribution in [-0.2, 0) is 0 Å². The molecule has 8 heteroatoms. The van der Waals surface area contributed by atoms with Crippen LogP contribution in [0.3, 0.4) is 0 Å². The minimum absolute atomic E-state index is 0.872. The Kier molecular flexibility index (Phi) is 4.56. The summed E-state index contributed by atoms with van der Waals surface area (Å²) in [5.74, 6) is 0. The van der Waals surface area contributed by atoms with E-state index in [1.807, 2.05) is 72.8 Å². The quantitative estimate of drug-likeness (QED) is 0.520. The Morgan fingerprint density at radius 3 is 2.14 bits per heavy atom. The minimum atomic E-state index is 0.872. The van der Waals surface area contributed by atoms with E-state index in [0.29, 0.717) is 0 Å². The zero-order valence-electron chi connectivity index (χ0n) is 14.6. The van der Waals surface area contributed by atoms with Gasteiger partial charge in [-0.3, -0.25) is 0 Å². The van der Waals surface area contributed by atoms with Crippen molar-refractivity contribution in [2.24, 2.45) is 20.6 Å². The van der Waals surface area contributed by atoms with Crippen LogP contribution in [0.5, 0.6) is 0 Å². The lowest BCUT2D eigenvalue weighted by Crippen LogP contribution is -2.18. The fraction of sp³-hybridized carbons (Fsp3) is 0. The standard InChI is InChI=1S/C20H14N6S2/c1-2-8-15(9-3-1)20-22-26(17-11-5-7-13-19(17)28-20)24-23-25-16-10-4-6-12-18(16)27-14-21-25/h1-14H. The molecule has 5 rings (SSSR count). The average Bonchev–Trinajstić information content (AvgIpc) is 2.78. The second-order valence-corrected chi connectivity index (χ2v) is 7.82. The Bertz CT molecular complexity index is 1100. The van der Waals surface area contributed by atoms with Crippen molar-refractivity contribution in [2.45, 2.75) is 9.79 Å². The molecule has 3 aromatic rings. The molecule has 136 valence electrons. The smallest absolute Gasteiger partial charge is 0.131 e. The molecule has 0 aliphatic carbocycles. The Labute approximate surface area is 170 Å². The first-order chi connectivity index (χ1) is 13.9. The third-order valence-electron chi connectivity index (χ3n) is 4.12. The summed E-state index contributed by atoms with van der Waals surface area (Å²) in [4.78, 5) is 2.16. The number of rotatable bonds is 3. The van der Waals surface area contributed by atoms with Crippen LogP contribution in [0.1, 0.15) is 5.56 Å². The molecule has 0 bridgehead atoms. The highest BCUT2D eigenvalue weighted by molar-refractivity contribution is 8.14. The Balaban J connectivity index is 1.51. The molecule has 0 N–H and O–H groups in total. The predicted octanol–water partition coefficient (Wildman–Crippen LogP) is 5.80. The second-order valence-electron chi connectivity index (χ2n) is 5.91. The van der Waals surface area contributed by atoms with Crippen LogP contribution >= 0.6 is 23.5 Å². The molecule has 2 heterocycles. The van der Waals surface area contributed by atoms with E-state index in [9.17, 15) is 0 Å². The maximum Gasteiger partial charge on any atom is 0.131 e. The Hall–Kier alpha value is -3.10. The zero-order chi connectivity index (χ0) is 18.8. The molecule has 0 saturated carbocycles. The molecule has 0 saturated heterocycles. The van der Waals surface area contributed by atoms with Gasteiger partial charge in [0.25, 0.3) is 0 Å². The number of fused-ring (bicyclic) bond motifs is 2. The average molecular weight is 403 g/mol. The van der Waals surface area contributed by atoms with Crippen molar-refractivity contribution in [1.29, 1.82) is 0 Å². The first-order valence-electron chi connectivity index (χ1n) is 8.59. The lowest BCUT2D eigenvalue weighted by atomic mass is 10.2. The molecule has 2 aliphatic rings. The molecule has 0 fully saturated rings. The number of benzene rings is 3. The highest BCUT2D eigenvalue weighted by atomic mass is 32.2. The van der Waals surface area contributed by atoms with Crippen LogP contribution in [0.2, 0.25) is 0 Å². The number of hydrogen-bond acceptors (Lipinski definition) is 6. The van der Waals surface area contributed by atoms with Gasteiger partial charge in [-0.25, -0.2) is 0 Å². The molecule has 3 aromatic carbocycles. The van der Waals surface area contributed by atoms with E-state index in [1.54, 1.807) is 34.2 Å². The topological polar surface area (TPSA) is 55.9 Å². The van der Waals surface area contributed by atoms with E-state index in [-0.39, 0.29) is 0 Å². The van der Waals surface area contributed by atoms with Crippen LogP contribution in [-0.4, -0.2) is 10.6 Å². The van der Waals surface area contributed by atoms with Gasteiger partial charge in [0, 0.05) is 15.4 Å². The number of thioether (sulfide) groups is 2. The predicted molar refractivity (Wildman–Crippen MR) is 116 cm³/mol. The van der Waals surface area contributed by atoms with Crippen molar-refractivity contribution in [3.05, 3.63) is 84.4 Å². The molecular weight excluding hydrogens is 388 g/mol. The largest absolute Gasteiger partial charge is 0.150 e. The van der Waals surface area contributed by atoms with Gasteiger partial charge in [0.2, 0.25) is 0 Å². The number of nitrogens with zero attached hydrogens (tertiary/aromatic N) is 6. The minimum Gasteiger partial charge on any atom is -0.150 e. The molecule has 2 aliphatic heterocycles. The molecule has 0 spiro atoms. The number of hydrazone groups is 2. The fourth-order valence-corrected chi connectivity index (χ4v) is 4.45. The van der Waals surface area contributed by atoms with Gasteiger partial charge in [-0.15, -0.1) is 20.4 Å². The SMILES string of the molecule is C1=NN(N=NN2N=C(c3ccccc3)Sc3ccccc32)c2ccccc2S1. The highest BCUT2D eigenvalue weighted by Crippen LogP contribution is 2.38. The van der Waals surface area contributed by atoms with Gasteiger partial charge < -0.3 is 0 Å². The van der Waals surface area contributed by atoms with E-state index >= 15 is 0 Å². The van der Waals surface area contributed by atoms with Crippen molar-refractivity contribution in [3.8, 4) is 0 Å². The first kappa shape index (κ1) is 17.0. The molecule has 0 radical (unpaired) electrons. The van der Waals surface area contributed by atoms with Crippen LogP contribution in [0.25, 0.3) is 0 Å². The number of hydrogen-bond donors (Lipinski definition) is 0. The Morgan fingerprint density at radius 2 is 1.32 bits per heavy atom. The summed E-state index contributed by atoms with van der Waals surface area (Å²) in [6, 6.07) is 26.1. The van der Waals surface area contributed by atoms with E-state index in [2.05, 4.69) is 21.6 Å². The lowest BCUT2D eigenvalue weighted by molar-refractivity contribution is 0.750. The summed E-state index contributed by atoms with van der Waals surface area (Å²) in [7, 11) is 0. The Morgan fingerprint density at radius 1 is 0.679 bits per heavy atom. The van der Waals surface area contributed by atoms with Gasteiger partial charge in [-0.2, -0.15) is 0 Å². The third kappa shape index (κ3) is 3.28. The van der Waals surface area contributed by atoms with Gasteiger partial charge in [0.05, 0.1) is 5.55 Å². The van der Waals surface area contributed by atoms with E-state index in [0.717, 1.165) is 31.8 Å². The van der Waals surface area contributed by atoms with Crippen molar-refractivity contribution in [2.75, 3.05) is 10.2 Å². The molecule has 6 nitrogen and oxygen atoms in total. The van der Waals surface area contributed by atoms with Crippen LogP contribution in [0.4, 0.5) is 11.4 Å². The summed E-state index contributed by atoms with van der Waals surface area (Å²) in [5, 5.41) is 21.7. The van der Waals surface area contributed by atoms with E-state index < -0.39 is 0 Å². The zero-order valence-corrected chi connectivity index (χ0v) is 16.2. The van der Waals surface area contributed by atoms with Crippen molar-refractivity contribution < 1.29 is 0 Å². The molecule has 0 atom stereocenters. The summed E-state index contributed by atoms with van der Waals surface area (Å²) < 4.78 is 0. The summed E-state index contributed by atoms with van der Waals surface area (Å²) >= 11 is 3.18. The summed E-state index contributed by atoms with van der Waals surface area (Å²) in [5.41, 5.74) is 4.57. The van der Waals surface area contributed by atoms with Gasteiger partial charge in [-0.05, 0) is 34.7 Å². The van der Waals surface area contributed by atoms with E-state index in [1.165, 1.54) is 5.12 Å². The van der Waals surface area contributed by atoms with Crippen LogP contribution in [0, 0.1) is 0 Å². The third-order valence-corrected chi connectivity index (χ3v) is 5.99. The van der Waals surface area contributed by atoms with Gasteiger partial charge in [0.15, 0.2) is 0 Å². The fourth-order valence-electron chi connectivity index (χ4n) is 2.80. The maximum absolute atomic E-state index is 4.70. The molecular formula is C20H14N6S2. The van der Waals surface area contributed by atoms with Gasteiger partial charge in [0.1, 0.15) is 16.4 Å². The van der Waals surface area contributed by atoms with Crippen LogP contribution < -0.4 is 10.2 Å². The van der Waals surface area contributed by atoms with Crippen molar-refractivity contribution in [3.63, 3.8) is 0 Å². The first-order valence-corrected chi connectivity index (χ1v) is 10.3. The molecule has 0 aromatic heterocycles. The maximum atomic E-state index is 4.70. The number of para-hydroxylation sites is 2. The van der Waals surface area contributed by atoms with Gasteiger partial charge in [-0.1, -0.05) is 78.1 Å².